The standard InChI is InChI=1S/C78H48N2/c1-2-21-49(22-3-1)53-23-10-17-38-72(53)79(51-42-44-60-58-28-8-14-34-66(58)77(71(60)48-51)64-32-12-6-25-55(64)56-26-7-13-33-65(56)77)74-46-45-52(54-24-4-5-29-61(54)74)50-41-43-59-57-27-9-15-35-67(57)78(70(59)47-50)68-36-16-19-40-75(68)80-73-39-18-11-30-62(73)63-31-20-37-69(78)76(63)80/h1-48H. The van der Waals surface area contributed by atoms with Gasteiger partial charge < -0.3 is 9.47 Å². The average Bonchev–Trinajstić information content (AvgIpc) is 3.63. The van der Waals surface area contributed by atoms with E-state index in [1.54, 1.807) is 0 Å². The topological polar surface area (TPSA) is 8.17 Å². The summed E-state index contributed by atoms with van der Waals surface area (Å²) >= 11 is 0. The highest BCUT2D eigenvalue weighted by Gasteiger charge is 2.53. The molecular formula is C78H48N2. The number of anilines is 3. The summed E-state index contributed by atoms with van der Waals surface area (Å²) in [5.41, 5.74) is 29.2. The molecule has 1 atom stereocenters. The van der Waals surface area contributed by atoms with Crippen LogP contribution in [0.5, 0.6) is 0 Å². The maximum Gasteiger partial charge on any atom is 0.0754 e. The van der Waals surface area contributed by atoms with Crippen molar-refractivity contribution in [3.8, 4) is 61.3 Å². The van der Waals surface area contributed by atoms with Crippen LogP contribution in [0.3, 0.4) is 0 Å². The van der Waals surface area contributed by atoms with E-state index in [4.69, 9.17) is 0 Å². The fourth-order valence-corrected chi connectivity index (χ4v) is 15.6. The van der Waals surface area contributed by atoms with Crippen molar-refractivity contribution in [3.63, 3.8) is 0 Å². The first-order chi connectivity index (χ1) is 39.7. The molecule has 1 aliphatic heterocycles. The first-order valence-electron chi connectivity index (χ1n) is 28.0. The Balaban J connectivity index is 0.877. The molecule has 0 amide bonds. The lowest BCUT2D eigenvalue weighted by atomic mass is 9.65. The van der Waals surface area contributed by atoms with E-state index in [0.29, 0.717) is 0 Å². The zero-order valence-electron chi connectivity index (χ0n) is 43.6. The van der Waals surface area contributed by atoms with Crippen molar-refractivity contribution in [2.24, 2.45) is 0 Å². The second-order valence-electron chi connectivity index (χ2n) is 22.1. The molecule has 4 aliphatic rings. The predicted octanol–water partition coefficient (Wildman–Crippen LogP) is 19.8. The fourth-order valence-electron chi connectivity index (χ4n) is 15.6. The monoisotopic (exact) mass is 1010 g/mol. The lowest BCUT2D eigenvalue weighted by Crippen LogP contribution is -2.33. The molecule has 0 radical (unpaired) electrons. The second-order valence-corrected chi connectivity index (χ2v) is 22.1. The van der Waals surface area contributed by atoms with Crippen molar-refractivity contribution in [3.05, 3.63) is 336 Å². The summed E-state index contributed by atoms with van der Waals surface area (Å²) in [6.07, 6.45) is 0. The van der Waals surface area contributed by atoms with Crippen LogP contribution in [-0.2, 0) is 10.8 Å². The van der Waals surface area contributed by atoms with Gasteiger partial charge in [-0.05, 0) is 142 Å². The van der Waals surface area contributed by atoms with Crippen molar-refractivity contribution in [1.29, 1.82) is 0 Å². The van der Waals surface area contributed by atoms with E-state index in [1.807, 2.05) is 0 Å². The van der Waals surface area contributed by atoms with Gasteiger partial charge in [-0.15, -0.1) is 0 Å². The van der Waals surface area contributed by atoms with Gasteiger partial charge in [0, 0.05) is 27.4 Å². The van der Waals surface area contributed by atoms with Crippen molar-refractivity contribution in [2.75, 3.05) is 4.90 Å². The molecule has 0 bridgehead atoms. The molecule has 0 saturated carbocycles. The van der Waals surface area contributed by atoms with Crippen LogP contribution in [0, 0.1) is 0 Å². The van der Waals surface area contributed by atoms with Crippen LogP contribution in [0.2, 0.25) is 0 Å². The molecule has 2 spiro atoms. The van der Waals surface area contributed by atoms with Crippen LogP contribution in [0.1, 0.15) is 44.5 Å². The van der Waals surface area contributed by atoms with Crippen LogP contribution in [0.15, 0.2) is 291 Å². The SMILES string of the molecule is c1ccc(-c2ccccc2N(c2ccc3c(c2)C2(c4ccccc4-c4ccccc42)c2ccccc2-3)c2ccc(-c3ccc4c(c3)C3(c5ccccc5-4)c4ccccc4-n4c5ccccc5c5cccc3c54)c3ccccc23)cc1. The molecule has 1 aromatic heterocycles. The summed E-state index contributed by atoms with van der Waals surface area (Å²) in [7, 11) is 0. The Morgan fingerprint density at radius 2 is 0.725 bits per heavy atom. The van der Waals surface area contributed by atoms with Gasteiger partial charge in [-0.3, -0.25) is 0 Å². The molecule has 2 heterocycles. The number of aromatic nitrogens is 1. The number of nitrogens with zero attached hydrogens (tertiary/aromatic N) is 2. The number of para-hydroxylation sites is 4. The summed E-state index contributed by atoms with van der Waals surface area (Å²) in [4.78, 5) is 2.55. The Bertz CT molecular complexity index is 4920. The molecule has 80 heavy (non-hydrogen) atoms. The van der Waals surface area contributed by atoms with Crippen LogP contribution >= 0.6 is 0 Å². The third-order valence-electron chi connectivity index (χ3n) is 18.6. The van der Waals surface area contributed by atoms with E-state index in [2.05, 4.69) is 301 Å². The summed E-state index contributed by atoms with van der Waals surface area (Å²) < 4.78 is 2.53. The number of fused-ring (bicyclic) bond motifs is 23. The molecule has 370 valence electrons. The third-order valence-corrected chi connectivity index (χ3v) is 18.6. The van der Waals surface area contributed by atoms with Gasteiger partial charge in [0.2, 0.25) is 0 Å². The van der Waals surface area contributed by atoms with Gasteiger partial charge in [0.1, 0.15) is 0 Å². The minimum Gasteiger partial charge on any atom is -0.309 e. The summed E-state index contributed by atoms with van der Waals surface area (Å²) in [6, 6.07) is 110. The largest absolute Gasteiger partial charge is 0.309 e. The van der Waals surface area contributed by atoms with Crippen molar-refractivity contribution < 1.29 is 0 Å². The van der Waals surface area contributed by atoms with Gasteiger partial charge in [0.15, 0.2) is 0 Å². The van der Waals surface area contributed by atoms with Crippen molar-refractivity contribution in [1.82, 2.24) is 4.57 Å². The fraction of sp³-hybridized carbons (Fsp3) is 0.0256. The molecule has 0 saturated heterocycles. The zero-order valence-corrected chi connectivity index (χ0v) is 43.6. The maximum atomic E-state index is 2.55. The molecule has 0 N–H and O–H groups in total. The molecular weight excluding hydrogens is 965 g/mol. The maximum absolute atomic E-state index is 2.55. The normalized spacial score (nSPS) is 15.2. The van der Waals surface area contributed by atoms with Crippen LogP contribution in [0.4, 0.5) is 17.1 Å². The Labute approximate surface area is 464 Å². The van der Waals surface area contributed by atoms with Gasteiger partial charge in [0.25, 0.3) is 0 Å². The molecule has 2 heteroatoms. The molecule has 0 fully saturated rings. The lowest BCUT2D eigenvalue weighted by molar-refractivity contribution is 0.749. The Hall–Kier alpha value is -10.3. The number of benzene rings is 13. The third kappa shape index (κ3) is 5.47. The number of hydrogen-bond acceptors (Lipinski definition) is 1. The van der Waals surface area contributed by atoms with Crippen LogP contribution in [-0.4, -0.2) is 4.57 Å². The minimum atomic E-state index is -0.555. The smallest absolute Gasteiger partial charge is 0.0754 e. The van der Waals surface area contributed by atoms with Crippen LogP contribution < -0.4 is 4.90 Å². The highest BCUT2D eigenvalue weighted by Crippen LogP contribution is 2.65. The molecule has 1 unspecified atom stereocenters. The summed E-state index contributed by atoms with van der Waals surface area (Å²) in [5, 5.41) is 4.95. The molecule has 13 aromatic carbocycles. The predicted molar refractivity (Wildman–Crippen MR) is 331 cm³/mol. The first-order valence-corrected chi connectivity index (χ1v) is 28.0. The van der Waals surface area contributed by atoms with E-state index >= 15 is 0 Å². The van der Waals surface area contributed by atoms with E-state index in [1.165, 1.54) is 138 Å². The van der Waals surface area contributed by atoms with E-state index < -0.39 is 10.8 Å². The molecule has 18 rings (SSSR count). The average molecular weight is 1010 g/mol. The highest BCUT2D eigenvalue weighted by molar-refractivity contribution is 6.13. The van der Waals surface area contributed by atoms with Crippen molar-refractivity contribution in [2.45, 2.75) is 10.8 Å². The van der Waals surface area contributed by atoms with Gasteiger partial charge >= 0.3 is 0 Å². The quantitative estimate of drug-likeness (QED) is 0.167. The summed E-state index contributed by atoms with van der Waals surface area (Å²) in [6.45, 7) is 0. The molecule has 3 aliphatic carbocycles. The Kier molecular flexibility index (Phi) is 8.83. The van der Waals surface area contributed by atoms with Crippen molar-refractivity contribution >= 4 is 49.6 Å². The van der Waals surface area contributed by atoms with Gasteiger partial charge in [-0.25, -0.2) is 0 Å². The first kappa shape index (κ1) is 43.8. The second kappa shape index (κ2) is 16.1. The number of rotatable bonds is 5. The molecule has 2 nitrogen and oxygen atoms in total. The van der Waals surface area contributed by atoms with Gasteiger partial charge in [0.05, 0.1) is 38.9 Å². The Morgan fingerprint density at radius 3 is 1.41 bits per heavy atom. The Morgan fingerprint density at radius 1 is 0.250 bits per heavy atom. The lowest BCUT2D eigenvalue weighted by Gasteiger charge is -2.39. The van der Waals surface area contributed by atoms with Gasteiger partial charge in [-0.1, -0.05) is 249 Å². The number of hydrogen-bond donors (Lipinski definition) is 0. The summed E-state index contributed by atoms with van der Waals surface area (Å²) in [5.74, 6) is 0. The highest BCUT2D eigenvalue weighted by atomic mass is 15.1. The zero-order chi connectivity index (χ0) is 52.3. The van der Waals surface area contributed by atoms with Gasteiger partial charge in [-0.2, -0.15) is 0 Å². The molecule has 14 aromatic rings. The van der Waals surface area contributed by atoms with E-state index in [-0.39, 0.29) is 0 Å². The minimum absolute atomic E-state index is 0.489. The van der Waals surface area contributed by atoms with E-state index in [9.17, 15) is 0 Å². The van der Waals surface area contributed by atoms with Crippen LogP contribution in [0.25, 0.3) is 93.9 Å². The van der Waals surface area contributed by atoms with E-state index in [0.717, 1.165) is 17.1 Å².